The van der Waals surface area contributed by atoms with Gasteiger partial charge in [0, 0.05) is 11.6 Å². The highest BCUT2D eigenvalue weighted by Crippen LogP contribution is 2.24. The number of nitrogens with one attached hydrogen (secondary N) is 1. The summed E-state index contributed by atoms with van der Waals surface area (Å²) < 4.78 is 44.3. The molecule has 7 heteroatoms. The molecule has 1 N–H and O–H groups in total. The fraction of sp³-hybridized carbons (Fsp3) is 0.0769. The molecule has 0 aliphatic carbocycles. The number of nitrogens with zero attached hydrogens (tertiary/aromatic N) is 2. The third-order valence-corrected chi connectivity index (χ3v) is 2.79. The van der Waals surface area contributed by atoms with Crippen LogP contribution in [0.3, 0.4) is 0 Å². The molecule has 1 aromatic carbocycles. The zero-order valence-electron chi connectivity index (χ0n) is 10.2. The molecule has 3 rings (SSSR count). The zero-order chi connectivity index (χ0) is 14.3. The molecule has 102 valence electrons. The highest BCUT2D eigenvalue weighted by atomic mass is 19.2. The topological polar surface area (TPSA) is 50.8 Å². The van der Waals surface area contributed by atoms with Crippen LogP contribution < -0.4 is 4.74 Å². The highest BCUT2D eigenvalue weighted by molar-refractivity contribution is 5.76. The van der Waals surface area contributed by atoms with Crippen molar-refractivity contribution in [3.63, 3.8) is 0 Å². The number of aromatic amines is 1. The van der Waals surface area contributed by atoms with E-state index in [1.807, 2.05) is 0 Å². The Bertz CT molecular complexity index is 778. The largest absolute Gasteiger partial charge is 0.481 e. The predicted octanol–water partition coefficient (Wildman–Crippen LogP) is 3.05. The molecule has 0 saturated carbocycles. The van der Waals surface area contributed by atoms with Crippen molar-refractivity contribution in [2.75, 3.05) is 7.11 Å². The lowest BCUT2D eigenvalue weighted by molar-refractivity contribution is 0.399. The van der Waals surface area contributed by atoms with Crippen molar-refractivity contribution in [3.8, 4) is 17.3 Å². The average Bonchev–Trinajstić information content (AvgIpc) is 2.86. The van der Waals surface area contributed by atoms with Crippen LogP contribution in [0.5, 0.6) is 5.88 Å². The molecule has 0 saturated heterocycles. The van der Waals surface area contributed by atoms with E-state index in [2.05, 4.69) is 15.0 Å². The van der Waals surface area contributed by atoms with Crippen molar-refractivity contribution in [1.29, 1.82) is 0 Å². The Balaban J connectivity index is 2.14. The number of benzene rings is 1. The molecule has 2 heterocycles. The number of ether oxygens (including phenoxy) is 1. The van der Waals surface area contributed by atoms with Gasteiger partial charge >= 0.3 is 0 Å². The van der Waals surface area contributed by atoms with Gasteiger partial charge in [0.05, 0.1) is 12.6 Å². The molecule has 4 nitrogen and oxygen atoms in total. The second-order valence-electron chi connectivity index (χ2n) is 4.06. The first-order valence-corrected chi connectivity index (χ1v) is 5.64. The van der Waals surface area contributed by atoms with Crippen LogP contribution >= 0.6 is 0 Å². The number of fused-ring (bicyclic) bond motifs is 1. The van der Waals surface area contributed by atoms with Gasteiger partial charge in [0.1, 0.15) is 5.82 Å². The van der Waals surface area contributed by atoms with Crippen LogP contribution in [0.4, 0.5) is 13.2 Å². The van der Waals surface area contributed by atoms with Gasteiger partial charge in [-0.1, -0.05) is 0 Å². The van der Waals surface area contributed by atoms with E-state index in [1.165, 1.54) is 7.11 Å². The normalized spacial score (nSPS) is 11.0. The minimum absolute atomic E-state index is 0.0957. The fourth-order valence-electron chi connectivity index (χ4n) is 1.82. The van der Waals surface area contributed by atoms with Crippen LogP contribution in [-0.4, -0.2) is 22.1 Å². The third-order valence-electron chi connectivity index (χ3n) is 2.79. The van der Waals surface area contributed by atoms with Crippen LogP contribution in [0.2, 0.25) is 0 Å². The number of halogens is 3. The summed E-state index contributed by atoms with van der Waals surface area (Å²) in [6, 6.07) is 5.03. The summed E-state index contributed by atoms with van der Waals surface area (Å²) in [7, 11) is 1.46. The first kappa shape index (κ1) is 12.5. The average molecular weight is 279 g/mol. The maximum atomic E-state index is 13.2. The number of H-pyrrole nitrogens is 1. The van der Waals surface area contributed by atoms with Crippen LogP contribution in [0.1, 0.15) is 0 Å². The maximum Gasteiger partial charge on any atom is 0.215 e. The van der Waals surface area contributed by atoms with Gasteiger partial charge in [0.15, 0.2) is 23.1 Å². The number of methoxy groups -OCH3 is 1. The molecule has 0 atom stereocenters. The zero-order valence-corrected chi connectivity index (χ0v) is 10.2. The number of imidazole rings is 1. The van der Waals surface area contributed by atoms with Gasteiger partial charge in [0.2, 0.25) is 5.88 Å². The Hall–Kier alpha value is -2.57. The molecule has 0 aliphatic rings. The second kappa shape index (κ2) is 4.52. The molecule has 20 heavy (non-hydrogen) atoms. The van der Waals surface area contributed by atoms with Crippen molar-refractivity contribution in [1.82, 2.24) is 15.0 Å². The number of hydrogen-bond donors (Lipinski definition) is 1. The molecule has 0 unspecified atom stereocenters. The number of pyridine rings is 1. The highest BCUT2D eigenvalue weighted by Gasteiger charge is 2.14. The molecular weight excluding hydrogens is 271 g/mol. The van der Waals surface area contributed by atoms with Crippen molar-refractivity contribution in [3.05, 3.63) is 41.7 Å². The number of aromatic nitrogens is 3. The molecule has 0 spiro atoms. The van der Waals surface area contributed by atoms with E-state index >= 15 is 0 Å². The third kappa shape index (κ3) is 1.97. The van der Waals surface area contributed by atoms with Gasteiger partial charge in [-0.2, -0.15) is 4.98 Å². The van der Waals surface area contributed by atoms with Gasteiger partial charge in [-0.3, -0.25) is 0 Å². The van der Waals surface area contributed by atoms with Crippen molar-refractivity contribution in [2.24, 2.45) is 0 Å². The molecule has 0 radical (unpaired) electrons. The summed E-state index contributed by atoms with van der Waals surface area (Å²) in [6.45, 7) is 0. The van der Waals surface area contributed by atoms with Crippen LogP contribution in [0.25, 0.3) is 22.6 Å². The Morgan fingerprint density at radius 3 is 2.40 bits per heavy atom. The minimum Gasteiger partial charge on any atom is -0.481 e. The summed E-state index contributed by atoms with van der Waals surface area (Å²) in [4.78, 5) is 11.0. The fourth-order valence-corrected chi connectivity index (χ4v) is 1.82. The van der Waals surface area contributed by atoms with E-state index in [4.69, 9.17) is 4.74 Å². The minimum atomic E-state index is -1.51. The van der Waals surface area contributed by atoms with E-state index in [1.54, 1.807) is 12.1 Å². The van der Waals surface area contributed by atoms with Crippen LogP contribution in [0.15, 0.2) is 24.3 Å². The molecule has 0 fully saturated rings. The Kier molecular flexibility index (Phi) is 2.81. The Labute approximate surface area is 111 Å². The first-order chi connectivity index (χ1) is 9.58. The maximum absolute atomic E-state index is 13.2. The summed E-state index contributed by atoms with van der Waals surface area (Å²) in [5, 5.41) is 0. The SMILES string of the molecule is COc1ccc2[nH]c(-c3cc(F)c(F)c(F)c3)nc2n1. The standard InChI is InChI=1S/C13H8F3N3O/c1-20-10-3-2-9-13(18-10)19-12(17-9)6-4-7(14)11(16)8(15)5-6/h2-5H,1H3,(H,17,18,19). The van der Waals surface area contributed by atoms with E-state index in [0.29, 0.717) is 17.0 Å². The molecule has 0 aliphatic heterocycles. The molecule has 0 bridgehead atoms. The van der Waals surface area contributed by atoms with Crippen molar-refractivity contribution < 1.29 is 17.9 Å². The number of rotatable bonds is 2. The van der Waals surface area contributed by atoms with E-state index in [9.17, 15) is 13.2 Å². The van der Waals surface area contributed by atoms with Gasteiger partial charge in [-0.05, 0) is 18.2 Å². The van der Waals surface area contributed by atoms with E-state index < -0.39 is 17.5 Å². The van der Waals surface area contributed by atoms with E-state index in [0.717, 1.165) is 12.1 Å². The molecule has 3 aromatic rings. The quantitative estimate of drug-likeness (QED) is 0.733. The number of hydrogen-bond acceptors (Lipinski definition) is 3. The predicted molar refractivity (Wildman–Crippen MR) is 65.8 cm³/mol. The van der Waals surface area contributed by atoms with Crippen molar-refractivity contribution in [2.45, 2.75) is 0 Å². The summed E-state index contributed by atoms with van der Waals surface area (Å²) in [5.41, 5.74) is 1.01. The molecule has 2 aromatic heterocycles. The second-order valence-corrected chi connectivity index (χ2v) is 4.06. The Morgan fingerprint density at radius 2 is 1.75 bits per heavy atom. The Morgan fingerprint density at radius 1 is 1.05 bits per heavy atom. The van der Waals surface area contributed by atoms with Crippen molar-refractivity contribution >= 4 is 11.2 Å². The lowest BCUT2D eigenvalue weighted by Crippen LogP contribution is -1.92. The summed E-state index contributed by atoms with van der Waals surface area (Å²) >= 11 is 0. The molecular formula is C13H8F3N3O. The van der Waals surface area contributed by atoms with Gasteiger partial charge < -0.3 is 9.72 Å². The first-order valence-electron chi connectivity index (χ1n) is 5.64. The van der Waals surface area contributed by atoms with Gasteiger partial charge in [-0.25, -0.2) is 18.2 Å². The van der Waals surface area contributed by atoms with Gasteiger partial charge in [0.25, 0.3) is 0 Å². The summed E-state index contributed by atoms with van der Waals surface area (Å²) in [5.74, 6) is -3.49. The lowest BCUT2D eigenvalue weighted by atomic mass is 10.2. The smallest absolute Gasteiger partial charge is 0.215 e. The molecule has 0 amide bonds. The van der Waals surface area contributed by atoms with Gasteiger partial charge in [-0.15, -0.1) is 0 Å². The monoisotopic (exact) mass is 279 g/mol. The summed E-state index contributed by atoms with van der Waals surface area (Å²) in [6.07, 6.45) is 0. The van der Waals surface area contributed by atoms with Crippen LogP contribution in [0, 0.1) is 17.5 Å². The van der Waals surface area contributed by atoms with Crippen LogP contribution in [-0.2, 0) is 0 Å². The lowest BCUT2D eigenvalue weighted by Gasteiger charge is -1.99. The van der Waals surface area contributed by atoms with E-state index in [-0.39, 0.29) is 11.4 Å².